The molecule has 1 atom stereocenters. The fourth-order valence-corrected chi connectivity index (χ4v) is 2.59. The highest BCUT2D eigenvalue weighted by molar-refractivity contribution is 5.98. The van der Waals surface area contributed by atoms with Gasteiger partial charge in [0.1, 0.15) is 0 Å². The molecule has 0 spiro atoms. The lowest BCUT2D eigenvalue weighted by molar-refractivity contribution is -0.385. The average Bonchev–Trinajstić information content (AvgIpc) is 2.59. The van der Waals surface area contributed by atoms with E-state index in [1.165, 1.54) is 42.6 Å². The number of hydrogen-bond acceptors (Lipinski definition) is 6. The number of carboxylic acids is 1. The molecule has 0 aliphatic carbocycles. The van der Waals surface area contributed by atoms with E-state index in [1.807, 2.05) is 0 Å². The molecule has 0 bridgehead atoms. The van der Waals surface area contributed by atoms with Gasteiger partial charge >= 0.3 is 11.9 Å². The van der Waals surface area contributed by atoms with Crippen molar-refractivity contribution in [1.29, 1.82) is 0 Å². The van der Waals surface area contributed by atoms with Gasteiger partial charge in [-0.25, -0.2) is 9.59 Å². The lowest BCUT2D eigenvalue weighted by Crippen LogP contribution is -2.28. The number of nitrogens with zero attached hydrogens (tertiary/aromatic N) is 2. The Morgan fingerprint density at radius 2 is 1.92 bits per heavy atom. The number of benzene rings is 1. The molecule has 24 heavy (non-hydrogen) atoms. The molecule has 1 aromatic carbocycles. The molecule has 2 rings (SSSR count). The number of hydrogen-bond donors (Lipinski definition) is 1. The lowest BCUT2D eigenvalue weighted by Gasteiger charge is -2.28. The van der Waals surface area contributed by atoms with Gasteiger partial charge in [0.2, 0.25) is 0 Å². The number of carboxylic acid groups (broad SMARTS) is 1. The number of carbonyl (C=O) groups is 2. The van der Waals surface area contributed by atoms with Crippen LogP contribution in [0.3, 0.4) is 0 Å². The molecule has 0 amide bonds. The second-order valence-electron chi connectivity index (χ2n) is 5.05. The van der Waals surface area contributed by atoms with Gasteiger partial charge in [-0.2, -0.15) is 0 Å². The highest BCUT2D eigenvalue weighted by atomic mass is 16.6. The normalized spacial score (nSPS) is 16.9. The molecular weight excluding hydrogens is 316 g/mol. The largest absolute Gasteiger partial charge is 0.478 e. The third kappa shape index (κ3) is 3.12. The number of para-hydroxylation sites is 1. The fourth-order valence-electron chi connectivity index (χ4n) is 2.59. The van der Waals surface area contributed by atoms with E-state index in [2.05, 4.69) is 0 Å². The van der Waals surface area contributed by atoms with Crippen molar-refractivity contribution in [1.82, 2.24) is 4.90 Å². The smallest absolute Gasteiger partial charge is 0.336 e. The van der Waals surface area contributed by atoms with Crippen LogP contribution in [0.4, 0.5) is 5.69 Å². The van der Waals surface area contributed by atoms with E-state index >= 15 is 0 Å². The molecule has 0 aromatic heterocycles. The Kier molecular flexibility index (Phi) is 4.98. The summed E-state index contributed by atoms with van der Waals surface area (Å²) in [6.45, 7) is 2.22. The van der Waals surface area contributed by atoms with Crippen molar-refractivity contribution >= 4 is 17.6 Å². The van der Waals surface area contributed by atoms with E-state index in [0.29, 0.717) is 6.54 Å². The van der Waals surface area contributed by atoms with E-state index in [1.54, 1.807) is 13.0 Å². The van der Waals surface area contributed by atoms with Gasteiger partial charge < -0.3 is 14.7 Å². The Labute approximate surface area is 137 Å². The number of carbonyl (C=O) groups excluding carboxylic acids is 1. The average molecular weight is 332 g/mol. The number of nitro benzene ring substituents is 1. The minimum Gasteiger partial charge on any atom is -0.478 e. The Morgan fingerprint density at radius 1 is 1.29 bits per heavy atom. The molecule has 1 aromatic rings. The maximum atomic E-state index is 12.2. The van der Waals surface area contributed by atoms with Crippen LogP contribution in [-0.2, 0) is 14.3 Å². The first kappa shape index (κ1) is 17.2. The summed E-state index contributed by atoms with van der Waals surface area (Å²) in [4.78, 5) is 36.1. The van der Waals surface area contributed by atoms with E-state index < -0.39 is 22.8 Å². The molecule has 0 radical (unpaired) electrons. The molecule has 0 saturated heterocycles. The van der Waals surface area contributed by atoms with Crippen LogP contribution in [0.1, 0.15) is 18.4 Å². The molecule has 1 unspecified atom stereocenters. The third-order valence-corrected chi connectivity index (χ3v) is 3.71. The molecule has 8 nitrogen and oxygen atoms in total. The Balaban J connectivity index is 2.70. The minimum absolute atomic E-state index is 0.0357. The standard InChI is InChI=1S/C16H16N2O6/c1-3-17-8-11(15(19)20)14(12(9-17)16(21)24-2)10-6-4-5-7-13(10)18(22)23/h4-9,14H,3H2,1-2H3,(H,19,20). The van der Waals surface area contributed by atoms with Gasteiger partial charge in [0.15, 0.2) is 0 Å². The van der Waals surface area contributed by atoms with E-state index in [9.17, 15) is 24.8 Å². The molecule has 1 aliphatic rings. The van der Waals surface area contributed by atoms with Gasteiger partial charge in [-0.15, -0.1) is 0 Å². The van der Waals surface area contributed by atoms with Crippen molar-refractivity contribution < 1.29 is 24.4 Å². The second kappa shape index (κ2) is 6.95. The van der Waals surface area contributed by atoms with Gasteiger partial charge in [0.25, 0.3) is 5.69 Å². The second-order valence-corrected chi connectivity index (χ2v) is 5.05. The van der Waals surface area contributed by atoms with Crippen molar-refractivity contribution in [3.63, 3.8) is 0 Å². The molecule has 0 fully saturated rings. The SMILES string of the molecule is CCN1C=C(C(=O)O)C(c2ccccc2[N+](=O)[O-])C(C(=O)OC)=C1. The summed E-state index contributed by atoms with van der Waals surface area (Å²) < 4.78 is 4.74. The van der Waals surface area contributed by atoms with Gasteiger partial charge in [-0.05, 0) is 6.92 Å². The van der Waals surface area contributed by atoms with Gasteiger partial charge in [-0.3, -0.25) is 10.1 Å². The van der Waals surface area contributed by atoms with E-state index in [-0.39, 0.29) is 22.4 Å². The first-order chi connectivity index (χ1) is 11.4. The summed E-state index contributed by atoms with van der Waals surface area (Å²) in [6, 6.07) is 5.76. The first-order valence-corrected chi connectivity index (χ1v) is 7.14. The molecule has 1 aliphatic heterocycles. The van der Waals surface area contributed by atoms with Crippen molar-refractivity contribution in [2.75, 3.05) is 13.7 Å². The van der Waals surface area contributed by atoms with Crippen LogP contribution in [0.5, 0.6) is 0 Å². The molecule has 0 saturated carbocycles. The van der Waals surface area contributed by atoms with Crippen LogP contribution in [0.15, 0.2) is 47.8 Å². The van der Waals surface area contributed by atoms with Crippen molar-refractivity contribution in [3.8, 4) is 0 Å². The molecule has 126 valence electrons. The third-order valence-electron chi connectivity index (χ3n) is 3.71. The summed E-state index contributed by atoms with van der Waals surface area (Å²) in [7, 11) is 1.18. The monoisotopic (exact) mass is 332 g/mol. The molecule has 8 heteroatoms. The predicted molar refractivity (Wildman–Crippen MR) is 84.0 cm³/mol. The fraction of sp³-hybridized carbons (Fsp3) is 0.250. The zero-order valence-electron chi connectivity index (χ0n) is 13.1. The van der Waals surface area contributed by atoms with Crippen LogP contribution >= 0.6 is 0 Å². The Morgan fingerprint density at radius 3 is 2.46 bits per heavy atom. The Hall–Kier alpha value is -3.16. The summed E-state index contributed by atoms with van der Waals surface area (Å²) in [5, 5.41) is 20.8. The van der Waals surface area contributed by atoms with E-state index in [0.717, 1.165) is 0 Å². The van der Waals surface area contributed by atoms with E-state index in [4.69, 9.17) is 4.74 Å². The summed E-state index contributed by atoms with van der Waals surface area (Å²) >= 11 is 0. The van der Waals surface area contributed by atoms with Crippen molar-refractivity contribution in [2.24, 2.45) is 0 Å². The number of ether oxygens (including phenoxy) is 1. The molecule has 1 heterocycles. The topological polar surface area (TPSA) is 110 Å². The minimum atomic E-state index is -1.26. The van der Waals surface area contributed by atoms with Crippen LogP contribution in [0.25, 0.3) is 0 Å². The van der Waals surface area contributed by atoms with Crippen molar-refractivity contribution in [3.05, 3.63) is 63.5 Å². The quantitative estimate of drug-likeness (QED) is 0.499. The summed E-state index contributed by atoms with van der Waals surface area (Å²) in [6.07, 6.45) is 2.83. The van der Waals surface area contributed by atoms with Crippen LogP contribution in [0.2, 0.25) is 0 Å². The zero-order valence-corrected chi connectivity index (χ0v) is 13.1. The van der Waals surface area contributed by atoms with Crippen LogP contribution < -0.4 is 0 Å². The van der Waals surface area contributed by atoms with Crippen LogP contribution in [0, 0.1) is 10.1 Å². The lowest BCUT2D eigenvalue weighted by atomic mass is 9.82. The van der Waals surface area contributed by atoms with Crippen molar-refractivity contribution in [2.45, 2.75) is 12.8 Å². The van der Waals surface area contributed by atoms with Crippen LogP contribution in [-0.4, -0.2) is 40.5 Å². The summed E-state index contributed by atoms with van der Waals surface area (Å²) in [5.74, 6) is -3.08. The maximum Gasteiger partial charge on any atom is 0.336 e. The summed E-state index contributed by atoms with van der Waals surface area (Å²) in [5.41, 5.74) is -0.222. The number of nitro groups is 1. The zero-order chi connectivity index (χ0) is 17.9. The molecular formula is C16H16N2O6. The molecule has 1 N–H and O–H groups in total. The van der Waals surface area contributed by atoms with Gasteiger partial charge in [0.05, 0.1) is 29.1 Å². The number of methoxy groups -OCH3 is 1. The maximum absolute atomic E-state index is 12.2. The highest BCUT2D eigenvalue weighted by Crippen LogP contribution is 2.40. The predicted octanol–water partition coefficient (Wildman–Crippen LogP) is 2.04. The number of aliphatic carboxylic acids is 1. The number of esters is 1. The van der Waals surface area contributed by atoms with Gasteiger partial charge in [-0.1, -0.05) is 18.2 Å². The first-order valence-electron chi connectivity index (χ1n) is 7.14. The highest BCUT2D eigenvalue weighted by Gasteiger charge is 2.37. The Bertz CT molecular complexity index is 753. The van der Waals surface area contributed by atoms with Gasteiger partial charge in [0, 0.05) is 30.6 Å². The number of rotatable bonds is 5.